The van der Waals surface area contributed by atoms with Crippen molar-refractivity contribution in [3.8, 4) is 11.3 Å². The van der Waals surface area contributed by atoms with Crippen molar-refractivity contribution < 1.29 is 4.79 Å². The van der Waals surface area contributed by atoms with Gasteiger partial charge in [0.1, 0.15) is 6.04 Å². The monoisotopic (exact) mass is 325 g/mol. The van der Waals surface area contributed by atoms with E-state index in [4.69, 9.17) is 0 Å². The Morgan fingerprint density at radius 2 is 1.83 bits per heavy atom. The average molecular weight is 325 g/mol. The first-order valence-corrected chi connectivity index (χ1v) is 8.52. The van der Waals surface area contributed by atoms with Crippen molar-refractivity contribution in [2.45, 2.75) is 51.6 Å². The van der Waals surface area contributed by atoms with Gasteiger partial charge in [0.15, 0.2) is 0 Å². The Balaban J connectivity index is 1.83. The quantitative estimate of drug-likeness (QED) is 0.940. The lowest BCUT2D eigenvalue weighted by Gasteiger charge is -2.18. The molecule has 5 nitrogen and oxygen atoms in total. The summed E-state index contributed by atoms with van der Waals surface area (Å²) in [6.07, 6.45) is 4.34. The van der Waals surface area contributed by atoms with Gasteiger partial charge in [0, 0.05) is 17.7 Å². The SMILES string of the molecule is Cc1ccc(-c2ccc(=O)n(C(C)C(=O)NC3CCCC3)n2)cc1. The van der Waals surface area contributed by atoms with E-state index in [1.165, 1.54) is 10.7 Å². The number of rotatable bonds is 4. The molecule has 1 amide bonds. The van der Waals surface area contributed by atoms with Gasteiger partial charge in [-0.05, 0) is 32.8 Å². The molecule has 0 spiro atoms. The summed E-state index contributed by atoms with van der Waals surface area (Å²) in [6.45, 7) is 3.74. The van der Waals surface area contributed by atoms with E-state index in [0.29, 0.717) is 5.69 Å². The van der Waals surface area contributed by atoms with Crippen LogP contribution in [0.3, 0.4) is 0 Å². The fraction of sp³-hybridized carbons (Fsp3) is 0.421. The number of hydrogen-bond acceptors (Lipinski definition) is 3. The molecule has 1 aliphatic carbocycles. The van der Waals surface area contributed by atoms with Gasteiger partial charge in [0.2, 0.25) is 5.91 Å². The molecule has 1 fully saturated rings. The zero-order chi connectivity index (χ0) is 17.1. The maximum Gasteiger partial charge on any atom is 0.267 e. The number of aryl methyl sites for hydroxylation is 1. The number of nitrogens with one attached hydrogen (secondary N) is 1. The second kappa shape index (κ2) is 6.99. The Labute approximate surface area is 141 Å². The highest BCUT2D eigenvalue weighted by molar-refractivity contribution is 5.80. The highest BCUT2D eigenvalue weighted by atomic mass is 16.2. The average Bonchev–Trinajstić information content (AvgIpc) is 3.08. The Morgan fingerprint density at radius 3 is 2.50 bits per heavy atom. The van der Waals surface area contributed by atoms with Crippen molar-refractivity contribution in [3.05, 3.63) is 52.3 Å². The van der Waals surface area contributed by atoms with E-state index in [0.717, 1.165) is 36.8 Å². The van der Waals surface area contributed by atoms with Gasteiger partial charge >= 0.3 is 0 Å². The number of carbonyl (C=O) groups excluding carboxylic acids is 1. The molecule has 3 rings (SSSR count). The highest BCUT2D eigenvalue weighted by Crippen LogP contribution is 2.19. The molecule has 1 atom stereocenters. The Hall–Kier alpha value is -2.43. The number of amides is 1. The van der Waals surface area contributed by atoms with E-state index in [2.05, 4.69) is 10.4 Å². The fourth-order valence-electron chi connectivity index (χ4n) is 3.08. The first-order valence-electron chi connectivity index (χ1n) is 8.52. The Kier molecular flexibility index (Phi) is 4.79. The molecule has 1 N–H and O–H groups in total. The Morgan fingerprint density at radius 1 is 1.17 bits per heavy atom. The third kappa shape index (κ3) is 3.55. The van der Waals surface area contributed by atoms with Crippen molar-refractivity contribution in [2.75, 3.05) is 0 Å². The molecular formula is C19H23N3O2. The largest absolute Gasteiger partial charge is 0.352 e. The molecule has 0 radical (unpaired) electrons. The highest BCUT2D eigenvalue weighted by Gasteiger charge is 2.23. The predicted octanol–water partition coefficient (Wildman–Crippen LogP) is 2.84. The molecule has 1 unspecified atom stereocenters. The van der Waals surface area contributed by atoms with Gasteiger partial charge in [-0.15, -0.1) is 0 Å². The molecule has 1 heterocycles. The van der Waals surface area contributed by atoms with E-state index in [1.54, 1.807) is 13.0 Å². The minimum atomic E-state index is -0.622. The summed E-state index contributed by atoms with van der Waals surface area (Å²) in [7, 11) is 0. The van der Waals surface area contributed by atoms with Crippen molar-refractivity contribution >= 4 is 5.91 Å². The van der Waals surface area contributed by atoms with Crippen LogP contribution in [-0.2, 0) is 4.79 Å². The summed E-state index contributed by atoms with van der Waals surface area (Å²) in [6, 6.07) is 10.7. The van der Waals surface area contributed by atoms with Crippen LogP contribution in [0.15, 0.2) is 41.2 Å². The summed E-state index contributed by atoms with van der Waals surface area (Å²) in [5.74, 6) is -0.141. The van der Waals surface area contributed by atoms with E-state index < -0.39 is 6.04 Å². The number of nitrogens with zero attached hydrogens (tertiary/aromatic N) is 2. The van der Waals surface area contributed by atoms with Crippen LogP contribution in [-0.4, -0.2) is 21.7 Å². The third-order valence-corrected chi connectivity index (χ3v) is 4.62. The number of aromatic nitrogens is 2. The van der Waals surface area contributed by atoms with Crippen LogP contribution in [0.5, 0.6) is 0 Å². The van der Waals surface area contributed by atoms with Crippen LogP contribution in [0.2, 0.25) is 0 Å². The molecular weight excluding hydrogens is 302 g/mol. The first kappa shape index (κ1) is 16.4. The first-order chi connectivity index (χ1) is 11.5. The van der Waals surface area contributed by atoms with Gasteiger partial charge in [0.05, 0.1) is 5.69 Å². The van der Waals surface area contributed by atoms with E-state index in [1.807, 2.05) is 31.2 Å². The molecule has 1 aromatic carbocycles. The minimum Gasteiger partial charge on any atom is -0.352 e. The fourth-order valence-corrected chi connectivity index (χ4v) is 3.08. The predicted molar refractivity (Wildman–Crippen MR) is 93.8 cm³/mol. The van der Waals surface area contributed by atoms with E-state index in [-0.39, 0.29) is 17.5 Å². The van der Waals surface area contributed by atoms with Crippen LogP contribution in [0.4, 0.5) is 0 Å². The summed E-state index contributed by atoms with van der Waals surface area (Å²) in [5, 5.41) is 7.44. The number of carbonyl (C=O) groups is 1. The molecule has 2 aromatic rings. The second-order valence-corrected chi connectivity index (χ2v) is 6.53. The molecule has 1 aliphatic rings. The van der Waals surface area contributed by atoms with Gasteiger partial charge in [-0.1, -0.05) is 42.7 Å². The smallest absolute Gasteiger partial charge is 0.267 e. The van der Waals surface area contributed by atoms with Gasteiger partial charge < -0.3 is 5.32 Å². The maximum absolute atomic E-state index is 12.4. The lowest BCUT2D eigenvalue weighted by molar-refractivity contribution is -0.124. The van der Waals surface area contributed by atoms with Crippen molar-refractivity contribution in [1.82, 2.24) is 15.1 Å². The standard InChI is InChI=1S/C19H23N3O2/c1-13-7-9-15(10-8-13)17-11-12-18(23)22(21-17)14(2)19(24)20-16-5-3-4-6-16/h7-12,14,16H,3-6H2,1-2H3,(H,20,24). The van der Waals surface area contributed by atoms with Gasteiger partial charge in [-0.3, -0.25) is 9.59 Å². The van der Waals surface area contributed by atoms with Crippen LogP contribution < -0.4 is 10.9 Å². The second-order valence-electron chi connectivity index (χ2n) is 6.53. The van der Waals surface area contributed by atoms with Crippen LogP contribution >= 0.6 is 0 Å². The minimum absolute atomic E-state index is 0.141. The molecule has 0 saturated heterocycles. The van der Waals surface area contributed by atoms with E-state index >= 15 is 0 Å². The van der Waals surface area contributed by atoms with Crippen molar-refractivity contribution in [3.63, 3.8) is 0 Å². The number of hydrogen-bond donors (Lipinski definition) is 1. The summed E-state index contributed by atoms with van der Waals surface area (Å²) in [5.41, 5.74) is 2.52. The normalized spacial score (nSPS) is 16.1. The topological polar surface area (TPSA) is 64.0 Å². The summed E-state index contributed by atoms with van der Waals surface area (Å²) < 4.78 is 1.28. The number of benzene rings is 1. The molecule has 5 heteroatoms. The zero-order valence-electron chi connectivity index (χ0n) is 14.2. The summed E-state index contributed by atoms with van der Waals surface area (Å²) >= 11 is 0. The molecule has 0 aliphatic heterocycles. The van der Waals surface area contributed by atoms with Gasteiger partial charge in [-0.2, -0.15) is 5.10 Å². The van der Waals surface area contributed by atoms with Crippen molar-refractivity contribution in [2.24, 2.45) is 0 Å². The lowest BCUT2D eigenvalue weighted by Crippen LogP contribution is -2.40. The molecule has 1 saturated carbocycles. The third-order valence-electron chi connectivity index (χ3n) is 4.62. The zero-order valence-corrected chi connectivity index (χ0v) is 14.2. The molecule has 24 heavy (non-hydrogen) atoms. The maximum atomic E-state index is 12.4. The lowest BCUT2D eigenvalue weighted by atomic mass is 10.1. The summed E-state index contributed by atoms with van der Waals surface area (Å²) in [4.78, 5) is 24.6. The Bertz CT molecular complexity index is 774. The van der Waals surface area contributed by atoms with Crippen molar-refractivity contribution in [1.29, 1.82) is 0 Å². The molecule has 0 bridgehead atoms. The van der Waals surface area contributed by atoms with Crippen LogP contribution in [0, 0.1) is 6.92 Å². The van der Waals surface area contributed by atoms with Crippen LogP contribution in [0.1, 0.15) is 44.2 Å². The van der Waals surface area contributed by atoms with E-state index in [9.17, 15) is 9.59 Å². The molecule has 126 valence electrons. The van der Waals surface area contributed by atoms with Crippen LogP contribution in [0.25, 0.3) is 11.3 Å². The molecule has 1 aromatic heterocycles. The van der Waals surface area contributed by atoms with Gasteiger partial charge in [0.25, 0.3) is 5.56 Å². The van der Waals surface area contributed by atoms with Gasteiger partial charge in [-0.25, -0.2) is 4.68 Å².